The predicted molar refractivity (Wildman–Crippen MR) is 115 cm³/mol. The number of hydrogen-bond donors (Lipinski definition) is 1. The number of aromatic nitrogens is 2. The van der Waals surface area contributed by atoms with Gasteiger partial charge in [-0.2, -0.15) is 0 Å². The number of ether oxygens (including phenoxy) is 1. The molecule has 0 aliphatic carbocycles. The summed E-state index contributed by atoms with van der Waals surface area (Å²) >= 11 is 7.12. The van der Waals surface area contributed by atoms with Crippen molar-refractivity contribution in [2.75, 3.05) is 19.7 Å². The number of piperidine rings is 1. The highest BCUT2D eigenvalue weighted by Gasteiger charge is 2.25. The molecule has 1 aliphatic heterocycles. The van der Waals surface area contributed by atoms with E-state index in [4.69, 9.17) is 30.9 Å². The summed E-state index contributed by atoms with van der Waals surface area (Å²) in [6.45, 7) is 4.38. The van der Waals surface area contributed by atoms with E-state index in [1.165, 1.54) is 0 Å². The third-order valence-electron chi connectivity index (χ3n) is 4.89. The number of thiocarbonyl (C=S) groups is 1. The van der Waals surface area contributed by atoms with Crippen LogP contribution in [0.3, 0.4) is 0 Å². The molecule has 0 unspecified atom stereocenters. The van der Waals surface area contributed by atoms with Gasteiger partial charge in [0.15, 0.2) is 16.6 Å². The lowest BCUT2D eigenvalue weighted by Crippen LogP contribution is -2.43. The smallest absolute Gasteiger partial charge is 0.360 e. The quantitative estimate of drug-likeness (QED) is 0.448. The Hall–Kier alpha value is -2.72. The molecule has 1 aliphatic rings. The Bertz CT molecular complexity index is 990. The van der Waals surface area contributed by atoms with Gasteiger partial charge in [0.05, 0.1) is 24.4 Å². The fourth-order valence-electron chi connectivity index (χ4n) is 3.30. The van der Waals surface area contributed by atoms with Gasteiger partial charge in [0.1, 0.15) is 11.5 Å². The topological polar surface area (TPSA) is 93.6 Å². The summed E-state index contributed by atoms with van der Waals surface area (Å²) < 4.78 is 15.5. The summed E-state index contributed by atoms with van der Waals surface area (Å²) in [7, 11) is 0. The van der Waals surface area contributed by atoms with E-state index in [2.05, 4.69) is 15.4 Å². The average molecular weight is 447 g/mol. The molecular formula is C20H22N4O4S2. The summed E-state index contributed by atoms with van der Waals surface area (Å²) in [6.07, 6.45) is 3.60. The van der Waals surface area contributed by atoms with Gasteiger partial charge in [-0.3, -0.25) is 0 Å². The lowest BCUT2D eigenvalue weighted by molar-refractivity contribution is 0.0514. The van der Waals surface area contributed by atoms with Crippen molar-refractivity contribution < 1.29 is 18.5 Å². The first-order chi connectivity index (χ1) is 14.6. The molecule has 0 bridgehead atoms. The van der Waals surface area contributed by atoms with Crippen LogP contribution in [0.1, 0.15) is 46.9 Å². The average Bonchev–Trinajstić information content (AvgIpc) is 3.53. The molecule has 30 heavy (non-hydrogen) atoms. The van der Waals surface area contributed by atoms with Crippen LogP contribution in [0.2, 0.25) is 0 Å². The van der Waals surface area contributed by atoms with E-state index in [0.717, 1.165) is 41.8 Å². The van der Waals surface area contributed by atoms with Crippen LogP contribution in [0.4, 0.5) is 0 Å². The molecule has 0 radical (unpaired) electrons. The van der Waals surface area contributed by atoms with Crippen molar-refractivity contribution in [1.29, 1.82) is 0 Å². The number of furan rings is 1. The predicted octanol–water partition coefficient (Wildman–Crippen LogP) is 3.82. The van der Waals surface area contributed by atoms with E-state index < -0.39 is 5.97 Å². The van der Waals surface area contributed by atoms with Gasteiger partial charge in [-0.15, -0.1) is 11.3 Å². The molecule has 3 aromatic heterocycles. The van der Waals surface area contributed by atoms with E-state index in [9.17, 15) is 4.79 Å². The van der Waals surface area contributed by atoms with Crippen molar-refractivity contribution in [1.82, 2.24) is 20.4 Å². The number of nitrogens with zero attached hydrogens (tertiary/aromatic N) is 3. The Labute approximate surface area is 183 Å². The fraction of sp³-hybridized carbons (Fsp3) is 0.400. The largest absolute Gasteiger partial charge is 0.467 e. The van der Waals surface area contributed by atoms with E-state index >= 15 is 0 Å². The minimum Gasteiger partial charge on any atom is -0.467 e. The zero-order valence-electron chi connectivity index (χ0n) is 16.5. The Kier molecular flexibility index (Phi) is 6.44. The zero-order chi connectivity index (χ0) is 20.9. The summed E-state index contributed by atoms with van der Waals surface area (Å²) in [5, 5.41) is 10.8. The van der Waals surface area contributed by atoms with Crippen molar-refractivity contribution in [2.45, 2.75) is 32.2 Å². The van der Waals surface area contributed by atoms with Gasteiger partial charge in [0.2, 0.25) is 0 Å². The van der Waals surface area contributed by atoms with Gasteiger partial charge in [-0.1, -0.05) is 5.16 Å². The normalized spacial score (nSPS) is 14.6. The molecule has 0 aromatic carbocycles. The molecule has 1 fully saturated rings. The number of esters is 1. The first-order valence-electron chi connectivity index (χ1n) is 9.79. The molecule has 3 aromatic rings. The number of rotatable bonds is 6. The van der Waals surface area contributed by atoms with Gasteiger partial charge in [-0.25, -0.2) is 9.78 Å². The fourth-order valence-corrected chi connectivity index (χ4v) is 4.54. The van der Waals surface area contributed by atoms with E-state index in [0.29, 0.717) is 30.5 Å². The summed E-state index contributed by atoms with van der Waals surface area (Å²) in [4.78, 5) is 18.7. The Morgan fingerprint density at radius 1 is 1.43 bits per heavy atom. The highest BCUT2D eigenvalue weighted by Crippen LogP contribution is 2.33. The third kappa shape index (κ3) is 4.71. The van der Waals surface area contributed by atoms with Gasteiger partial charge in [0, 0.05) is 30.5 Å². The Morgan fingerprint density at radius 2 is 2.27 bits per heavy atom. The molecule has 10 heteroatoms. The molecule has 1 saturated heterocycles. The number of nitrogens with one attached hydrogen (secondary N) is 1. The standard InChI is InChI=1S/C20H22N4O4S2/c1-2-26-19(25)15-10-17(28-23-15)16-12-30-18(22-16)13-5-7-24(8-6-13)20(29)21-11-14-4-3-9-27-14/h3-4,9-10,12-13H,2,5-8,11H2,1H3,(H,21,29). The number of carbonyl (C=O) groups excluding carboxylic acids is 1. The minimum atomic E-state index is -0.494. The molecule has 0 amide bonds. The van der Waals surface area contributed by atoms with Gasteiger partial charge in [-0.05, 0) is 44.1 Å². The lowest BCUT2D eigenvalue weighted by Gasteiger charge is -2.33. The zero-order valence-corrected chi connectivity index (χ0v) is 18.1. The number of likely N-dealkylation sites (tertiary alicyclic amines) is 1. The molecule has 0 spiro atoms. The maximum Gasteiger partial charge on any atom is 0.360 e. The first kappa shape index (κ1) is 20.5. The Morgan fingerprint density at radius 3 is 3.00 bits per heavy atom. The summed E-state index contributed by atoms with van der Waals surface area (Å²) in [5.41, 5.74) is 0.849. The second kappa shape index (κ2) is 9.40. The molecule has 0 saturated carbocycles. The number of hydrogen-bond acceptors (Lipinski definition) is 8. The van der Waals surface area contributed by atoms with Crippen molar-refractivity contribution >= 4 is 34.6 Å². The molecule has 1 N–H and O–H groups in total. The van der Waals surface area contributed by atoms with E-state index in [1.54, 1.807) is 30.6 Å². The van der Waals surface area contributed by atoms with Crippen molar-refractivity contribution in [3.8, 4) is 11.5 Å². The van der Waals surface area contributed by atoms with Crippen LogP contribution in [-0.2, 0) is 11.3 Å². The maximum atomic E-state index is 11.8. The molecule has 4 heterocycles. The highest BCUT2D eigenvalue weighted by molar-refractivity contribution is 7.80. The van der Waals surface area contributed by atoms with Crippen molar-refractivity contribution in [3.05, 3.63) is 46.3 Å². The minimum absolute atomic E-state index is 0.158. The molecule has 8 nitrogen and oxygen atoms in total. The molecule has 4 rings (SSSR count). The van der Waals surface area contributed by atoms with Gasteiger partial charge in [0.25, 0.3) is 0 Å². The van der Waals surface area contributed by atoms with Crippen LogP contribution in [-0.4, -0.2) is 45.8 Å². The van der Waals surface area contributed by atoms with E-state index in [-0.39, 0.29) is 5.69 Å². The second-order valence-corrected chi connectivity index (χ2v) is 8.14. The Balaban J connectivity index is 1.31. The first-order valence-corrected chi connectivity index (χ1v) is 11.1. The maximum absolute atomic E-state index is 11.8. The van der Waals surface area contributed by atoms with Crippen LogP contribution < -0.4 is 5.32 Å². The highest BCUT2D eigenvalue weighted by atomic mass is 32.1. The summed E-state index contributed by atoms with van der Waals surface area (Å²) in [5.74, 6) is 1.22. The second-order valence-electron chi connectivity index (χ2n) is 6.87. The SMILES string of the molecule is CCOC(=O)c1cc(-c2csc(C3CCN(C(=S)NCc4ccco4)CC3)n2)on1. The molecular weight excluding hydrogens is 424 g/mol. The third-order valence-corrected chi connectivity index (χ3v) is 6.30. The number of thiazole rings is 1. The van der Waals surface area contributed by atoms with Crippen LogP contribution in [0, 0.1) is 0 Å². The van der Waals surface area contributed by atoms with Crippen molar-refractivity contribution in [3.63, 3.8) is 0 Å². The summed E-state index contributed by atoms with van der Waals surface area (Å²) in [6, 6.07) is 5.36. The van der Waals surface area contributed by atoms with Crippen LogP contribution in [0.15, 0.2) is 38.8 Å². The van der Waals surface area contributed by atoms with Gasteiger partial charge >= 0.3 is 5.97 Å². The monoisotopic (exact) mass is 446 g/mol. The van der Waals surface area contributed by atoms with Crippen molar-refractivity contribution in [2.24, 2.45) is 0 Å². The lowest BCUT2D eigenvalue weighted by atomic mass is 9.98. The number of carbonyl (C=O) groups is 1. The van der Waals surface area contributed by atoms with Crippen LogP contribution in [0.5, 0.6) is 0 Å². The van der Waals surface area contributed by atoms with Crippen LogP contribution in [0.25, 0.3) is 11.5 Å². The molecule has 0 atom stereocenters. The van der Waals surface area contributed by atoms with E-state index in [1.807, 2.05) is 17.5 Å². The van der Waals surface area contributed by atoms with Gasteiger partial charge < -0.3 is 23.9 Å². The van der Waals surface area contributed by atoms with Crippen LogP contribution >= 0.6 is 23.6 Å². The molecule has 158 valence electrons.